The molecule has 0 bridgehead atoms. The molecule has 0 amide bonds. The second kappa shape index (κ2) is 8.41. The van der Waals surface area contributed by atoms with Gasteiger partial charge in [0.2, 0.25) is 0 Å². The summed E-state index contributed by atoms with van der Waals surface area (Å²) in [7, 11) is -0.903. The fourth-order valence-corrected chi connectivity index (χ4v) is 3.82. The number of ether oxygens (including phenoxy) is 1. The Bertz CT molecular complexity index is 507. The molecule has 1 N–H and O–H groups in total. The Kier molecular flexibility index (Phi) is 6.81. The largest absolute Gasteiger partial charge is 0.381 e. The highest BCUT2D eigenvalue weighted by Gasteiger charge is 2.25. The van der Waals surface area contributed by atoms with Crippen LogP contribution in [0.25, 0.3) is 0 Å². The van der Waals surface area contributed by atoms with Gasteiger partial charge in [-0.2, -0.15) is 0 Å². The Morgan fingerprint density at radius 1 is 1.26 bits per heavy atom. The van der Waals surface area contributed by atoms with Gasteiger partial charge in [-0.05, 0) is 55.2 Å². The van der Waals surface area contributed by atoms with Crippen molar-refractivity contribution < 1.29 is 8.95 Å². The molecule has 0 aliphatic carbocycles. The van der Waals surface area contributed by atoms with Crippen LogP contribution < -0.4 is 5.32 Å². The highest BCUT2D eigenvalue weighted by atomic mass is 32.2. The van der Waals surface area contributed by atoms with E-state index in [9.17, 15) is 4.21 Å². The van der Waals surface area contributed by atoms with E-state index >= 15 is 0 Å². The minimum absolute atomic E-state index is 0.293. The summed E-state index contributed by atoms with van der Waals surface area (Å²) in [5, 5.41) is 3.67. The molecular formula is C19H31NO2S. The van der Waals surface area contributed by atoms with Crippen molar-refractivity contribution in [2.75, 3.05) is 26.0 Å². The predicted molar refractivity (Wildman–Crippen MR) is 97.1 cm³/mol. The molecule has 1 heterocycles. The van der Waals surface area contributed by atoms with Crippen molar-refractivity contribution >= 4 is 10.8 Å². The first-order valence-corrected chi connectivity index (χ1v) is 10.2. The van der Waals surface area contributed by atoms with Gasteiger partial charge in [0, 0.05) is 47.8 Å². The molecule has 130 valence electrons. The molecule has 0 spiro atoms. The average molecular weight is 338 g/mol. The lowest BCUT2D eigenvalue weighted by Gasteiger charge is -2.33. The Morgan fingerprint density at radius 2 is 1.87 bits per heavy atom. The fraction of sp³-hybridized carbons (Fsp3) is 0.684. The summed E-state index contributed by atoms with van der Waals surface area (Å²) in [6.07, 6.45) is 5.38. The second-order valence-corrected chi connectivity index (χ2v) is 8.93. The smallest absolute Gasteiger partial charge is 0.0498 e. The first kappa shape index (κ1) is 18.6. The van der Waals surface area contributed by atoms with Gasteiger partial charge in [0.25, 0.3) is 0 Å². The lowest BCUT2D eigenvalue weighted by molar-refractivity contribution is 0.0509. The van der Waals surface area contributed by atoms with E-state index in [1.807, 2.05) is 12.1 Å². The van der Waals surface area contributed by atoms with Crippen molar-refractivity contribution in [3.8, 4) is 0 Å². The monoisotopic (exact) mass is 337 g/mol. The number of rotatable bonds is 7. The lowest BCUT2D eigenvalue weighted by Crippen LogP contribution is -2.34. The van der Waals surface area contributed by atoms with Crippen molar-refractivity contribution in [2.45, 2.75) is 51.0 Å². The molecule has 1 aliphatic heterocycles. The van der Waals surface area contributed by atoms with Crippen LogP contribution in [0.3, 0.4) is 0 Å². The van der Waals surface area contributed by atoms with Gasteiger partial charge in [-0.3, -0.25) is 4.21 Å². The molecule has 1 saturated heterocycles. The summed E-state index contributed by atoms with van der Waals surface area (Å²) in [5.74, 6) is 0.801. The summed E-state index contributed by atoms with van der Waals surface area (Å²) in [6, 6.07) is 8.41. The van der Waals surface area contributed by atoms with Gasteiger partial charge < -0.3 is 10.1 Å². The number of hydrogen-bond acceptors (Lipinski definition) is 3. The molecule has 1 aromatic carbocycles. The Morgan fingerprint density at radius 3 is 2.43 bits per heavy atom. The topological polar surface area (TPSA) is 38.3 Å². The normalized spacial score (nSPS) is 19.5. The van der Waals surface area contributed by atoms with E-state index in [1.165, 1.54) is 24.8 Å². The van der Waals surface area contributed by atoms with E-state index < -0.39 is 10.8 Å². The Labute approximate surface area is 143 Å². The maximum atomic E-state index is 11.5. The quantitative estimate of drug-likeness (QED) is 0.819. The minimum atomic E-state index is -0.903. The van der Waals surface area contributed by atoms with Crippen molar-refractivity contribution in [2.24, 2.45) is 11.3 Å². The molecule has 1 fully saturated rings. The first-order valence-electron chi connectivity index (χ1n) is 8.62. The molecule has 1 aliphatic rings. The highest BCUT2D eigenvalue weighted by molar-refractivity contribution is 7.84. The van der Waals surface area contributed by atoms with Gasteiger partial charge in [-0.15, -0.1) is 0 Å². The predicted octanol–water partition coefficient (Wildman–Crippen LogP) is 3.92. The van der Waals surface area contributed by atoms with Gasteiger partial charge >= 0.3 is 0 Å². The van der Waals surface area contributed by atoms with E-state index in [0.29, 0.717) is 11.5 Å². The van der Waals surface area contributed by atoms with Crippen molar-refractivity contribution in [3.63, 3.8) is 0 Å². The Hall–Kier alpha value is -0.710. The number of nitrogens with one attached hydrogen (secondary N) is 1. The summed E-state index contributed by atoms with van der Waals surface area (Å²) < 4.78 is 16.9. The molecule has 0 radical (unpaired) electrons. The van der Waals surface area contributed by atoms with E-state index in [1.54, 1.807) is 6.26 Å². The lowest BCUT2D eigenvalue weighted by atomic mass is 9.79. The van der Waals surface area contributed by atoms with Crippen LogP contribution in [-0.4, -0.2) is 30.2 Å². The van der Waals surface area contributed by atoms with Crippen molar-refractivity contribution in [1.29, 1.82) is 0 Å². The molecule has 2 atom stereocenters. The zero-order valence-corrected chi connectivity index (χ0v) is 15.7. The van der Waals surface area contributed by atoms with Crippen LogP contribution in [0.15, 0.2) is 29.2 Å². The number of benzene rings is 1. The third kappa shape index (κ3) is 6.02. The summed E-state index contributed by atoms with van der Waals surface area (Å²) in [4.78, 5) is 0.890. The molecule has 3 nitrogen and oxygen atoms in total. The molecule has 2 rings (SSSR count). The highest BCUT2D eigenvalue weighted by Crippen LogP contribution is 2.31. The van der Waals surface area contributed by atoms with Crippen LogP contribution in [-0.2, 0) is 15.5 Å². The van der Waals surface area contributed by atoms with Gasteiger partial charge in [-0.1, -0.05) is 26.0 Å². The Balaban J connectivity index is 1.84. The van der Waals surface area contributed by atoms with Crippen LogP contribution >= 0.6 is 0 Å². The second-order valence-electron chi connectivity index (χ2n) is 7.55. The van der Waals surface area contributed by atoms with Gasteiger partial charge in [0.15, 0.2) is 0 Å². The van der Waals surface area contributed by atoms with Crippen LogP contribution in [0.2, 0.25) is 0 Å². The zero-order valence-electron chi connectivity index (χ0n) is 14.9. The van der Waals surface area contributed by atoms with Crippen LogP contribution in [0.4, 0.5) is 0 Å². The molecule has 0 unspecified atom stereocenters. The van der Waals surface area contributed by atoms with E-state index in [2.05, 4.69) is 38.2 Å². The first-order chi connectivity index (χ1) is 10.9. The molecular weight excluding hydrogens is 306 g/mol. The fourth-order valence-electron chi connectivity index (χ4n) is 3.30. The molecule has 23 heavy (non-hydrogen) atoms. The summed E-state index contributed by atoms with van der Waals surface area (Å²) in [6.45, 7) is 9.76. The van der Waals surface area contributed by atoms with Crippen molar-refractivity contribution in [3.05, 3.63) is 29.8 Å². The summed E-state index contributed by atoms with van der Waals surface area (Å²) >= 11 is 0. The molecule has 4 heteroatoms. The van der Waals surface area contributed by atoms with E-state index in [4.69, 9.17) is 4.74 Å². The number of hydrogen-bond donors (Lipinski definition) is 1. The minimum Gasteiger partial charge on any atom is -0.381 e. The van der Waals surface area contributed by atoms with Crippen LogP contribution in [0, 0.1) is 11.3 Å². The van der Waals surface area contributed by atoms with E-state index in [-0.39, 0.29) is 0 Å². The van der Waals surface area contributed by atoms with Crippen LogP contribution in [0.5, 0.6) is 0 Å². The zero-order chi connectivity index (χ0) is 16.9. The molecule has 0 saturated carbocycles. The third-order valence-electron chi connectivity index (χ3n) is 4.78. The average Bonchev–Trinajstić information content (AvgIpc) is 2.53. The SMILES string of the molecule is C[C@@H](NCC(C)(C)CC1CCOCC1)c1ccc([S@@](C)=O)cc1. The van der Waals surface area contributed by atoms with Gasteiger partial charge in [0.1, 0.15) is 0 Å². The molecule has 1 aromatic rings. The van der Waals surface area contributed by atoms with Gasteiger partial charge in [0.05, 0.1) is 0 Å². The third-order valence-corrected chi connectivity index (χ3v) is 5.72. The molecule has 0 aromatic heterocycles. The van der Waals surface area contributed by atoms with E-state index in [0.717, 1.165) is 30.6 Å². The van der Waals surface area contributed by atoms with Gasteiger partial charge in [-0.25, -0.2) is 0 Å². The van der Waals surface area contributed by atoms with Crippen molar-refractivity contribution in [1.82, 2.24) is 5.32 Å². The maximum Gasteiger partial charge on any atom is 0.0498 e. The van der Waals surface area contributed by atoms with Crippen LogP contribution in [0.1, 0.15) is 51.6 Å². The summed E-state index contributed by atoms with van der Waals surface area (Å²) in [5.41, 5.74) is 1.54. The maximum absolute atomic E-state index is 11.5. The standard InChI is InChI=1S/C19H31NO2S/c1-15(17-5-7-18(8-6-17)23(4)21)20-14-19(2,3)13-16-9-11-22-12-10-16/h5-8,15-16,20H,9-14H2,1-4H3/t15-,23-/m1/s1.